The number of nitrogen functional groups attached to an aromatic ring is 1. The van der Waals surface area contributed by atoms with Crippen LogP contribution in [-0.4, -0.2) is 39.4 Å². The molecule has 0 saturated carbocycles. The van der Waals surface area contributed by atoms with E-state index in [9.17, 15) is 9.18 Å². The zero-order chi connectivity index (χ0) is 24.5. The number of carbonyl (C=O) groups is 1. The van der Waals surface area contributed by atoms with Crippen molar-refractivity contribution in [2.45, 2.75) is 32.7 Å². The Bertz CT molecular complexity index is 1340. The standard InChI is InChI=1S/C23H26FN7O3/c1-23(2,3)17-10-18(30-34-17)29-22(32)28-16-6-5-13(9-15(16)24)14-11-31(7-8-33-4)21-19(14)20(25)26-12-27-21/h5-6,9-12H,7-8H2,1-4H3,(H2,25,26,27)(H2,28,29,30,32). The number of carbonyl (C=O) groups excluding carboxylic acids is 1. The maximum absolute atomic E-state index is 14.9. The lowest BCUT2D eigenvalue weighted by atomic mass is 9.93. The fourth-order valence-corrected chi connectivity index (χ4v) is 3.47. The first kappa shape index (κ1) is 23.2. The number of hydrogen-bond donors (Lipinski definition) is 3. The molecule has 178 valence electrons. The zero-order valence-electron chi connectivity index (χ0n) is 19.3. The number of nitrogens with two attached hydrogens (primary N) is 1. The molecule has 0 unspecified atom stereocenters. The average molecular weight is 468 g/mol. The van der Waals surface area contributed by atoms with Crippen molar-refractivity contribution < 1.29 is 18.4 Å². The summed E-state index contributed by atoms with van der Waals surface area (Å²) in [7, 11) is 1.61. The average Bonchev–Trinajstić information content (AvgIpc) is 3.39. The Morgan fingerprint density at radius 2 is 2.03 bits per heavy atom. The summed E-state index contributed by atoms with van der Waals surface area (Å²) < 4.78 is 27.2. The van der Waals surface area contributed by atoms with E-state index in [1.807, 2.05) is 31.5 Å². The number of aromatic nitrogens is 4. The molecule has 0 saturated heterocycles. The number of urea groups is 1. The smallest absolute Gasteiger partial charge is 0.325 e. The number of anilines is 3. The summed E-state index contributed by atoms with van der Waals surface area (Å²) in [5, 5.41) is 9.48. The molecule has 4 N–H and O–H groups in total. The summed E-state index contributed by atoms with van der Waals surface area (Å²) in [5.41, 5.74) is 7.73. The first-order valence-corrected chi connectivity index (χ1v) is 10.6. The fourth-order valence-electron chi connectivity index (χ4n) is 3.47. The van der Waals surface area contributed by atoms with Gasteiger partial charge in [-0.05, 0) is 17.7 Å². The van der Waals surface area contributed by atoms with Gasteiger partial charge in [-0.3, -0.25) is 5.32 Å². The third-order valence-electron chi connectivity index (χ3n) is 5.24. The van der Waals surface area contributed by atoms with Gasteiger partial charge in [0.15, 0.2) is 5.82 Å². The van der Waals surface area contributed by atoms with E-state index < -0.39 is 11.8 Å². The van der Waals surface area contributed by atoms with E-state index in [4.69, 9.17) is 15.0 Å². The van der Waals surface area contributed by atoms with Gasteiger partial charge in [0.25, 0.3) is 0 Å². The number of amides is 2. The largest absolute Gasteiger partial charge is 0.383 e. The number of rotatable bonds is 6. The van der Waals surface area contributed by atoms with Gasteiger partial charge in [0.2, 0.25) is 0 Å². The van der Waals surface area contributed by atoms with E-state index in [0.29, 0.717) is 46.9 Å². The lowest BCUT2D eigenvalue weighted by molar-refractivity contribution is 0.188. The normalized spacial score (nSPS) is 11.7. The summed E-state index contributed by atoms with van der Waals surface area (Å²) in [6.07, 6.45) is 3.22. The van der Waals surface area contributed by atoms with E-state index in [2.05, 4.69) is 25.8 Å². The molecule has 10 nitrogen and oxygen atoms in total. The van der Waals surface area contributed by atoms with Crippen LogP contribution >= 0.6 is 0 Å². The number of nitrogens with one attached hydrogen (secondary N) is 2. The Hall–Kier alpha value is -3.99. The molecular weight excluding hydrogens is 441 g/mol. The van der Waals surface area contributed by atoms with Crippen molar-refractivity contribution in [1.82, 2.24) is 19.7 Å². The predicted octanol–water partition coefficient (Wildman–Crippen LogP) is 4.40. The van der Waals surface area contributed by atoms with Crippen LogP contribution in [0.15, 0.2) is 41.3 Å². The maximum atomic E-state index is 14.9. The monoisotopic (exact) mass is 467 g/mol. The quantitative estimate of drug-likeness (QED) is 0.383. The molecule has 0 spiro atoms. The molecule has 4 aromatic rings. The number of fused-ring (bicyclic) bond motifs is 1. The van der Waals surface area contributed by atoms with Crippen LogP contribution in [0.2, 0.25) is 0 Å². The molecule has 0 atom stereocenters. The molecule has 1 aromatic carbocycles. The Balaban J connectivity index is 1.56. The van der Waals surface area contributed by atoms with Crippen molar-refractivity contribution in [2.24, 2.45) is 0 Å². The highest BCUT2D eigenvalue weighted by atomic mass is 19.1. The third kappa shape index (κ3) is 4.69. The Kier molecular flexibility index (Phi) is 6.20. The van der Waals surface area contributed by atoms with E-state index in [1.165, 1.54) is 18.5 Å². The van der Waals surface area contributed by atoms with Gasteiger partial charge in [0.05, 0.1) is 17.7 Å². The van der Waals surface area contributed by atoms with Gasteiger partial charge in [0.1, 0.15) is 29.4 Å². The number of ether oxygens (including phenoxy) is 1. The Labute approximate surface area is 195 Å². The van der Waals surface area contributed by atoms with E-state index in [1.54, 1.807) is 19.2 Å². The highest BCUT2D eigenvalue weighted by molar-refractivity contribution is 6.02. The van der Waals surface area contributed by atoms with Gasteiger partial charge in [-0.15, -0.1) is 0 Å². The van der Waals surface area contributed by atoms with Crippen molar-refractivity contribution in [1.29, 1.82) is 0 Å². The minimum Gasteiger partial charge on any atom is -0.383 e. The highest BCUT2D eigenvalue weighted by Gasteiger charge is 2.21. The minimum absolute atomic E-state index is 0.00753. The third-order valence-corrected chi connectivity index (χ3v) is 5.24. The van der Waals surface area contributed by atoms with Crippen molar-refractivity contribution in [2.75, 3.05) is 30.1 Å². The summed E-state index contributed by atoms with van der Waals surface area (Å²) in [6, 6.07) is 5.48. The van der Waals surface area contributed by atoms with Crippen LogP contribution in [0.5, 0.6) is 0 Å². The summed E-state index contributed by atoms with van der Waals surface area (Å²) >= 11 is 0. The molecule has 34 heavy (non-hydrogen) atoms. The molecule has 0 bridgehead atoms. The van der Waals surface area contributed by atoms with Crippen molar-refractivity contribution in [3.63, 3.8) is 0 Å². The second-order valence-corrected chi connectivity index (χ2v) is 8.79. The number of methoxy groups -OCH3 is 1. The van der Waals surface area contributed by atoms with Crippen LogP contribution in [0.25, 0.3) is 22.2 Å². The zero-order valence-corrected chi connectivity index (χ0v) is 19.3. The number of nitrogens with zero attached hydrogens (tertiary/aromatic N) is 4. The topological polar surface area (TPSA) is 133 Å². The molecule has 0 aliphatic carbocycles. The van der Waals surface area contributed by atoms with Crippen LogP contribution in [0, 0.1) is 5.82 Å². The molecule has 0 aliphatic heterocycles. The van der Waals surface area contributed by atoms with Crippen LogP contribution < -0.4 is 16.4 Å². The van der Waals surface area contributed by atoms with Crippen LogP contribution in [-0.2, 0) is 16.7 Å². The van der Waals surface area contributed by atoms with Crippen LogP contribution in [0.3, 0.4) is 0 Å². The predicted molar refractivity (Wildman–Crippen MR) is 127 cm³/mol. The molecule has 0 aliphatic rings. The maximum Gasteiger partial charge on any atom is 0.325 e. The minimum atomic E-state index is -0.644. The van der Waals surface area contributed by atoms with Gasteiger partial charge >= 0.3 is 6.03 Å². The van der Waals surface area contributed by atoms with Gasteiger partial charge in [-0.1, -0.05) is 32.0 Å². The molecule has 11 heteroatoms. The van der Waals surface area contributed by atoms with Crippen molar-refractivity contribution >= 4 is 34.4 Å². The van der Waals surface area contributed by atoms with Crippen LogP contribution in [0.4, 0.5) is 26.5 Å². The van der Waals surface area contributed by atoms with Gasteiger partial charge in [0, 0.05) is 36.9 Å². The fraction of sp³-hybridized carbons (Fsp3) is 0.304. The summed E-state index contributed by atoms with van der Waals surface area (Å²) in [6.45, 7) is 6.90. The van der Waals surface area contributed by atoms with Gasteiger partial charge in [-0.2, -0.15) is 0 Å². The number of hydrogen-bond acceptors (Lipinski definition) is 7. The Morgan fingerprint density at radius 3 is 2.71 bits per heavy atom. The first-order valence-electron chi connectivity index (χ1n) is 10.6. The van der Waals surface area contributed by atoms with Gasteiger partial charge < -0.3 is 24.9 Å². The lowest BCUT2D eigenvalue weighted by Crippen LogP contribution is -2.20. The van der Waals surface area contributed by atoms with E-state index >= 15 is 0 Å². The second kappa shape index (κ2) is 9.10. The van der Waals surface area contributed by atoms with Gasteiger partial charge in [-0.25, -0.2) is 19.2 Å². The summed E-state index contributed by atoms with van der Waals surface area (Å²) in [4.78, 5) is 20.7. The molecule has 0 fully saturated rings. The van der Waals surface area contributed by atoms with Crippen LogP contribution in [0.1, 0.15) is 26.5 Å². The van der Waals surface area contributed by atoms with E-state index in [0.717, 1.165) is 0 Å². The first-order chi connectivity index (χ1) is 16.2. The lowest BCUT2D eigenvalue weighted by Gasteiger charge is -2.12. The van der Waals surface area contributed by atoms with Crippen molar-refractivity contribution in [3.05, 3.63) is 48.4 Å². The van der Waals surface area contributed by atoms with E-state index in [-0.39, 0.29) is 16.9 Å². The molecular formula is C23H26FN7O3. The Morgan fingerprint density at radius 1 is 1.24 bits per heavy atom. The summed E-state index contributed by atoms with van der Waals surface area (Å²) in [5.74, 6) is 0.529. The highest BCUT2D eigenvalue weighted by Crippen LogP contribution is 2.34. The molecule has 4 rings (SSSR count). The molecule has 0 radical (unpaired) electrons. The molecule has 2 amide bonds. The SMILES string of the molecule is COCCn1cc(-c2ccc(NC(=O)Nc3cc(C(C)(C)C)on3)c(F)c2)c2c(N)ncnc21. The second-order valence-electron chi connectivity index (χ2n) is 8.79. The number of halogens is 1. The number of benzene rings is 1. The molecule has 3 aromatic heterocycles. The van der Waals surface area contributed by atoms with Crippen molar-refractivity contribution in [3.8, 4) is 11.1 Å². The molecule has 3 heterocycles.